The van der Waals surface area contributed by atoms with Gasteiger partial charge in [-0.25, -0.2) is 0 Å². The van der Waals surface area contributed by atoms with Gasteiger partial charge in [0.15, 0.2) is 0 Å². The molecule has 1 aromatic heterocycles. The molecule has 1 heterocycles. The molecule has 23 heavy (non-hydrogen) atoms. The van der Waals surface area contributed by atoms with Gasteiger partial charge >= 0.3 is 0 Å². The summed E-state index contributed by atoms with van der Waals surface area (Å²) in [6.45, 7) is 2.00. The topological polar surface area (TPSA) is 73.8 Å². The van der Waals surface area contributed by atoms with Crippen LogP contribution in [0.2, 0.25) is 0 Å². The number of aliphatic hydroxyl groups excluding tert-OH is 2. The molecule has 0 saturated heterocycles. The van der Waals surface area contributed by atoms with Crippen LogP contribution in [-0.4, -0.2) is 15.3 Å². The molecule has 0 bridgehead atoms. The second-order valence-corrected chi connectivity index (χ2v) is 5.38. The molecule has 0 fully saturated rings. The number of phenols is 1. The Hall–Kier alpha value is -2.26. The van der Waals surface area contributed by atoms with Crippen LogP contribution < -0.4 is 0 Å². The Kier molecular flexibility index (Phi) is 6.24. The molecule has 2 rings (SSSR count). The summed E-state index contributed by atoms with van der Waals surface area (Å²) < 4.78 is 5.19. The number of hydrogen-bond donors (Lipinski definition) is 3. The summed E-state index contributed by atoms with van der Waals surface area (Å²) in [6.07, 6.45) is 3.65. The molecular formula is C19H22O4. The van der Waals surface area contributed by atoms with E-state index in [1.807, 2.05) is 6.92 Å². The fraction of sp³-hybridized carbons (Fsp3) is 0.316. The van der Waals surface area contributed by atoms with E-state index in [1.54, 1.807) is 42.5 Å². The van der Waals surface area contributed by atoms with Gasteiger partial charge in [-0.3, -0.25) is 0 Å². The number of aromatic hydroxyl groups is 1. The van der Waals surface area contributed by atoms with Crippen LogP contribution in [-0.2, 0) is 0 Å². The second kappa shape index (κ2) is 8.39. The Morgan fingerprint density at radius 2 is 1.91 bits per heavy atom. The zero-order valence-electron chi connectivity index (χ0n) is 13.1. The molecule has 0 aliphatic carbocycles. The fourth-order valence-electron chi connectivity index (χ4n) is 2.27. The van der Waals surface area contributed by atoms with Crippen molar-refractivity contribution in [1.29, 1.82) is 0 Å². The van der Waals surface area contributed by atoms with Crippen molar-refractivity contribution in [2.45, 2.75) is 38.4 Å². The monoisotopic (exact) mass is 314 g/mol. The van der Waals surface area contributed by atoms with Crippen molar-refractivity contribution in [3.8, 4) is 5.75 Å². The number of benzene rings is 1. The predicted octanol–water partition coefficient (Wildman–Crippen LogP) is 4.02. The molecule has 0 unspecified atom stereocenters. The van der Waals surface area contributed by atoms with E-state index in [1.165, 1.54) is 6.26 Å². The maximum absolute atomic E-state index is 10.1. The summed E-state index contributed by atoms with van der Waals surface area (Å²) in [6, 6.07) is 9.98. The fourth-order valence-corrected chi connectivity index (χ4v) is 2.27. The first-order valence-corrected chi connectivity index (χ1v) is 7.71. The van der Waals surface area contributed by atoms with E-state index in [0.717, 1.165) is 17.6 Å². The molecule has 3 N–H and O–H groups in total. The van der Waals surface area contributed by atoms with E-state index in [-0.39, 0.29) is 5.75 Å². The molecule has 0 aliphatic rings. The minimum Gasteiger partial charge on any atom is -0.508 e. The van der Waals surface area contributed by atoms with Crippen molar-refractivity contribution in [1.82, 2.24) is 0 Å². The van der Waals surface area contributed by atoms with Crippen LogP contribution in [0, 0.1) is 0 Å². The van der Waals surface area contributed by atoms with E-state index in [4.69, 9.17) is 4.42 Å². The van der Waals surface area contributed by atoms with Crippen LogP contribution in [0.25, 0.3) is 0 Å². The number of rotatable bonds is 7. The highest BCUT2D eigenvalue weighted by Crippen LogP contribution is 2.23. The van der Waals surface area contributed by atoms with Crippen molar-refractivity contribution in [2.24, 2.45) is 0 Å². The standard InChI is InChI=1S/C19H22O4/c1-2-14(13-18(22)19-7-4-12-23-19)5-3-6-17(21)15-8-10-16(20)11-9-15/h3-4,7-12,17-18,20-22H,2,6,13H2,1H3/t5?,17-,18-/m1/s1. The van der Waals surface area contributed by atoms with Gasteiger partial charge in [0, 0.05) is 12.8 Å². The highest BCUT2D eigenvalue weighted by molar-refractivity contribution is 5.27. The van der Waals surface area contributed by atoms with Crippen LogP contribution in [0.5, 0.6) is 5.75 Å². The van der Waals surface area contributed by atoms with E-state index < -0.39 is 12.2 Å². The van der Waals surface area contributed by atoms with Gasteiger partial charge in [0.05, 0.1) is 12.4 Å². The molecule has 122 valence electrons. The summed E-state index contributed by atoms with van der Waals surface area (Å²) in [5.74, 6) is 0.721. The third-order valence-corrected chi connectivity index (χ3v) is 3.66. The van der Waals surface area contributed by atoms with Gasteiger partial charge in [-0.2, -0.15) is 0 Å². The minimum atomic E-state index is -0.678. The quantitative estimate of drug-likeness (QED) is 0.675. The molecule has 2 atom stereocenters. The smallest absolute Gasteiger partial charge is 0.132 e. The summed E-state index contributed by atoms with van der Waals surface area (Å²) in [5.41, 5.74) is 4.86. The Bertz CT molecular complexity index is 649. The minimum absolute atomic E-state index is 0.177. The van der Waals surface area contributed by atoms with Crippen LogP contribution in [0.15, 0.2) is 64.5 Å². The van der Waals surface area contributed by atoms with E-state index in [9.17, 15) is 15.3 Å². The number of furan rings is 1. The zero-order valence-corrected chi connectivity index (χ0v) is 13.1. The third kappa shape index (κ3) is 5.15. The molecule has 0 spiro atoms. The van der Waals surface area contributed by atoms with Gasteiger partial charge in [0.2, 0.25) is 0 Å². The molecule has 4 nitrogen and oxygen atoms in total. The van der Waals surface area contributed by atoms with E-state index in [0.29, 0.717) is 18.6 Å². The van der Waals surface area contributed by atoms with Gasteiger partial charge in [0.1, 0.15) is 17.6 Å². The van der Waals surface area contributed by atoms with E-state index in [2.05, 4.69) is 5.73 Å². The maximum atomic E-state index is 10.1. The molecule has 0 amide bonds. The van der Waals surface area contributed by atoms with Gasteiger partial charge in [-0.05, 0) is 47.9 Å². The summed E-state index contributed by atoms with van der Waals surface area (Å²) >= 11 is 0. The molecule has 0 aliphatic heterocycles. The summed E-state index contributed by atoms with van der Waals surface area (Å²) in [7, 11) is 0. The summed E-state index contributed by atoms with van der Waals surface area (Å²) in [5, 5.41) is 29.4. The average Bonchev–Trinajstić information content (AvgIpc) is 3.09. The molecule has 1 aromatic carbocycles. The van der Waals surface area contributed by atoms with Crippen LogP contribution in [0.3, 0.4) is 0 Å². The third-order valence-electron chi connectivity index (χ3n) is 3.66. The number of hydrogen-bond acceptors (Lipinski definition) is 4. The highest BCUT2D eigenvalue weighted by atomic mass is 16.4. The number of phenolic OH excluding ortho intramolecular Hbond substituents is 1. The van der Waals surface area contributed by atoms with Crippen molar-refractivity contribution in [3.05, 3.63) is 71.4 Å². The molecular weight excluding hydrogens is 292 g/mol. The zero-order chi connectivity index (χ0) is 16.7. The molecule has 0 saturated carbocycles. The first kappa shape index (κ1) is 17.1. The second-order valence-electron chi connectivity index (χ2n) is 5.38. The maximum Gasteiger partial charge on any atom is 0.132 e. The van der Waals surface area contributed by atoms with Crippen molar-refractivity contribution in [2.75, 3.05) is 0 Å². The summed E-state index contributed by atoms with van der Waals surface area (Å²) in [4.78, 5) is 0. The van der Waals surface area contributed by atoms with Gasteiger partial charge in [0.25, 0.3) is 0 Å². The Morgan fingerprint density at radius 3 is 2.52 bits per heavy atom. The van der Waals surface area contributed by atoms with Crippen molar-refractivity contribution in [3.63, 3.8) is 0 Å². The van der Waals surface area contributed by atoms with Crippen molar-refractivity contribution < 1.29 is 19.7 Å². The Labute approximate surface area is 136 Å². The Morgan fingerprint density at radius 1 is 1.17 bits per heavy atom. The van der Waals surface area contributed by atoms with Crippen LogP contribution >= 0.6 is 0 Å². The molecule has 2 aromatic rings. The normalized spacial score (nSPS) is 13.2. The molecule has 4 heteroatoms. The first-order valence-electron chi connectivity index (χ1n) is 7.71. The SMILES string of the molecule is CCC(=C=CC[C@@H](O)c1ccc(O)cc1)C[C@@H](O)c1ccco1. The van der Waals surface area contributed by atoms with Crippen LogP contribution in [0.1, 0.15) is 49.7 Å². The lowest BCUT2D eigenvalue weighted by atomic mass is 10.0. The van der Waals surface area contributed by atoms with Crippen molar-refractivity contribution >= 4 is 0 Å². The lowest BCUT2D eigenvalue weighted by Gasteiger charge is -2.09. The first-order chi connectivity index (χ1) is 11.1. The van der Waals surface area contributed by atoms with Crippen LogP contribution in [0.4, 0.5) is 0 Å². The Balaban J connectivity index is 1.97. The molecule has 0 radical (unpaired) electrons. The lowest BCUT2D eigenvalue weighted by Crippen LogP contribution is -1.97. The highest BCUT2D eigenvalue weighted by Gasteiger charge is 2.11. The lowest BCUT2D eigenvalue weighted by molar-refractivity contribution is 0.149. The van der Waals surface area contributed by atoms with Gasteiger partial charge in [-0.1, -0.05) is 19.1 Å². The average molecular weight is 314 g/mol. The number of aliphatic hydroxyl groups is 2. The largest absolute Gasteiger partial charge is 0.508 e. The van der Waals surface area contributed by atoms with Gasteiger partial charge < -0.3 is 19.7 Å². The predicted molar refractivity (Wildman–Crippen MR) is 87.9 cm³/mol. The van der Waals surface area contributed by atoms with E-state index >= 15 is 0 Å². The van der Waals surface area contributed by atoms with Gasteiger partial charge in [-0.15, -0.1) is 5.73 Å².